The number of nitrogens with one attached hydrogen (secondary N) is 2. The maximum atomic E-state index is 12.1. The summed E-state index contributed by atoms with van der Waals surface area (Å²) in [5.74, 6) is -0.632. The molecule has 1 unspecified atom stereocenters. The maximum absolute atomic E-state index is 12.1. The van der Waals surface area contributed by atoms with Gasteiger partial charge in [0.15, 0.2) is 0 Å². The van der Waals surface area contributed by atoms with Gasteiger partial charge in [-0.1, -0.05) is 23.3 Å². The van der Waals surface area contributed by atoms with Crippen LogP contribution in [-0.2, 0) is 15.6 Å². The number of amides is 2. The molecule has 2 amide bonds. The van der Waals surface area contributed by atoms with Crippen LogP contribution in [0, 0.1) is 13.8 Å². The number of benzene rings is 2. The van der Waals surface area contributed by atoms with Crippen LogP contribution in [0.3, 0.4) is 0 Å². The van der Waals surface area contributed by atoms with Crippen molar-refractivity contribution in [3.05, 3.63) is 59.2 Å². The summed E-state index contributed by atoms with van der Waals surface area (Å²) in [6, 6.07) is 12.3. The van der Waals surface area contributed by atoms with Crippen LogP contribution in [0.2, 0.25) is 0 Å². The van der Waals surface area contributed by atoms with Crippen molar-refractivity contribution in [1.29, 1.82) is 0 Å². The van der Waals surface area contributed by atoms with Crippen molar-refractivity contribution < 1.29 is 13.8 Å². The Morgan fingerprint density at radius 2 is 1.71 bits per heavy atom. The molecular formula is C18H20N2O3S. The summed E-state index contributed by atoms with van der Waals surface area (Å²) in [4.78, 5) is 24.7. The molecular weight excluding hydrogens is 324 g/mol. The molecule has 6 heteroatoms. The van der Waals surface area contributed by atoms with Gasteiger partial charge in [-0.05, 0) is 44.2 Å². The van der Waals surface area contributed by atoms with Gasteiger partial charge >= 0.3 is 0 Å². The predicted octanol–water partition coefficient (Wildman–Crippen LogP) is 2.41. The van der Waals surface area contributed by atoms with E-state index in [0.29, 0.717) is 16.1 Å². The molecule has 0 saturated carbocycles. The van der Waals surface area contributed by atoms with Crippen molar-refractivity contribution in [3.8, 4) is 0 Å². The van der Waals surface area contributed by atoms with E-state index in [0.717, 1.165) is 11.1 Å². The number of carbonyl (C=O) groups is 2. The Balaban J connectivity index is 1.94. The average molecular weight is 344 g/mol. The van der Waals surface area contributed by atoms with Gasteiger partial charge in [0.1, 0.15) is 0 Å². The number of aryl methyl sites for hydroxylation is 2. The third-order valence-electron chi connectivity index (χ3n) is 3.34. The van der Waals surface area contributed by atoms with Gasteiger partial charge in [-0.25, -0.2) is 0 Å². The minimum absolute atomic E-state index is 0.134. The molecule has 0 radical (unpaired) electrons. The highest BCUT2D eigenvalue weighted by atomic mass is 32.2. The summed E-state index contributed by atoms with van der Waals surface area (Å²) in [5.41, 5.74) is 3.07. The van der Waals surface area contributed by atoms with Crippen LogP contribution in [0.15, 0.2) is 47.4 Å². The first-order valence-corrected chi connectivity index (χ1v) is 9.01. The Hall–Kier alpha value is -2.47. The lowest BCUT2D eigenvalue weighted by molar-refractivity contribution is -0.115. The number of hydrogen-bond donors (Lipinski definition) is 2. The number of carbonyl (C=O) groups excluding carboxylic acids is 2. The topological polar surface area (TPSA) is 75.3 Å². The third-order valence-corrected chi connectivity index (χ3v) is 4.26. The van der Waals surface area contributed by atoms with Gasteiger partial charge in [0.05, 0.1) is 6.54 Å². The molecule has 5 nitrogen and oxygen atoms in total. The van der Waals surface area contributed by atoms with Crippen LogP contribution in [0.25, 0.3) is 0 Å². The van der Waals surface area contributed by atoms with E-state index in [9.17, 15) is 13.8 Å². The van der Waals surface area contributed by atoms with Crippen molar-refractivity contribution in [1.82, 2.24) is 5.32 Å². The molecule has 0 aromatic heterocycles. The molecule has 126 valence electrons. The SMILES string of the molecule is Cc1cc(C)cc(C(=O)NCC(=O)Nc2cccc(S(C)=O)c2)c1. The van der Waals surface area contributed by atoms with Crippen LogP contribution in [-0.4, -0.2) is 28.8 Å². The lowest BCUT2D eigenvalue weighted by atomic mass is 10.1. The van der Waals surface area contributed by atoms with Crippen molar-refractivity contribution >= 4 is 28.3 Å². The van der Waals surface area contributed by atoms with E-state index >= 15 is 0 Å². The van der Waals surface area contributed by atoms with Crippen molar-refractivity contribution in [3.63, 3.8) is 0 Å². The van der Waals surface area contributed by atoms with E-state index in [4.69, 9.17) is 0 Å². The fourth-order valence-corrected chi connectivity index (χ4v) is 2.89. The molecule has 2 aromatic carbocycles. The summed E-state index contributed by atoms with van der Waals surface area (Å²) in [5, 5.41) is 5.28. The van der Waals surface area contributed by atoms with Crippen LogP contribution in [0.1, 0.15) is 21.5 Å². The summed E-state index contributed by atoms with van der Waals surface area (Å²) in [6.45, 7) is 3.70. The summed E-state index contributed by atoms with van der Waals surface area (Å²) in [7, 11) is -1.12. The molecule has 1 atom stereocenters. The first-order chi connectivity index (χ1) is 11.3. The molecule has 0 saturated heterocycles. The van der Waals surface area contributed by atoms with E-state index in [2.05, 4.69) is 10.6 Å². The Kier molecular flexibility index (Phi) is 5.87. The van der Waals surface area contributed by atoms with Crippen molar-refractivity contribution in [2.75, 3.05) is 18.1 Å². The lowest BCUT2D eigenvalue weighted by Gasteiger charge is -2.09. The number of rotatable bonds is 5. The highest BCUT2D eigenvalue weighted by Crippen LogP contribution is 2.13. The van der Waals surface area contributed by atoms with Gasteiger partial charge in [-0.3, -0.25) is 13.8 Å². The van der Waals surface area contributed by atoms with Crippen LogP contribution < -0.4 is 10.6 Å². The normalized spacial score (nSPS) is 11.6. The molecule has 0 heterocycles. The number of anilines is 1. The first kappa shape index (κ1) is 17.9. The van der Waals surface area contributed by atoms with Crippen molar-refractivity contribution in [2.24, 2.45) is 0 Å². The zero-order valence-corrected chi connectivity index (χ0v) is 14.7. The second-order valence-corrected chi connectivity index (χ2v) is 6.97. The molecule has 2 N–H and O–H groups in total. The maximum Gasteiger partial charge on any atom is 0.251 e. The minimum Gasteiger partial charge on any atom is -0.343 e. The van der Waals surface area contributed by atoms with Gasteiger partial charge < -0.3 is 10.6 Å². The molecule has 2 rings (SSSR count). The molecule has 24 heavy (non-hydrogen) atoms. The molecule has 2 aromatic rings. The Labute approximate surface area is 143 Å². The lowest BCUT2D eigenvalue weighted by Crippen LogP contribution is -2.32. The zero-order chi connectivity index (χ0) is 17.7. The highest BCUT2D eigenvalue weighted by molar-refractivity contribution is 7.84. The summed E-state index contributed by atoms with van der Waals surface area (Å²) in [6.07, 6.45) is 1.57. The monoisotopic (exact) mass is 344 g/mol. The van der Waals surface area contributed by atoms with E-state index in [1.165, 1.54) is 0 Å². The van der Waals surface area contributed by atoms with E-state index in [1.807, 2.05) is 19.9 Å². The number of hydrogen-bond acceptors (Lipinski definition) is 3. The standard InChI is InChI=1S/C18H20N2O3S/c1-12-7-13(2)9-14(8-12)18(22)19-11-17(21)20-15-5-4-6-16(10-15)24(3)23/h4-10H,11H2,1-3H3,(H,19,22)(H,20,21). The largest absolute Gasteiger partial charge is 0.343 e. The second kappa shape index (κ2) is 7.88. The molecule has 0 aliphatic heterocycles. The highest BCUT2D eigenvalue weighted by Gasteiger charge is 2.09. The van der Waals surface area contributed by atoms with E-state index < -0.39 is 10.8 Å². The Morgan fingerprint density at radius 1 is 1.04 bits per heavy atom. The summed E-state index contributed by atoms with van der Waals surface area (Å²) < 4.78 is 11.5. The fourth-order valence-electron chi connectivity index (χ4n) is 2.33. The fraction of sp³-hybridized carbons (Fsp3) is 0.222. The average Bonchev–Trinajstić information content (AvgIpc) is 2.52. The van der Waals surface area contributed by atoms with Gasteiger partial charge in [0.25, 0.3) is 5.91 Å². The Bertz CT molecular complexity index is 782. The van der Waals surface area contributed by atoms with Crippen LogP contribution in [0.4, 0.5) is 5.69 Å². The zero-order valence-electron chi connectivity index (χ0n) is 13.9. The third kappa shape index (κ3) is 5.03. The molecule has 0 fully saturated rings. The van der Waals surface area contributed by atoms with E-state index in [-0.39, 0.29) is 18.4 Å². The minimum atomic E-state index is -1.12. The smallest absolute Gasteiger partial charge is 0.251 e. The molecule has 0 aliphatic rings. The molecule has 0 spiro atoms. The quantitative estimate of drug-likeness (QED) is 0.875. The van der Waals surface area contributed by atoms with Gasteiger partial charge in [0, 0.05) is 33.2 Å². The van der Waals surface area contributed by atoms with Crippen LogP contribution in [0.5, 0.6) is 0 Å². The second-order valence-electron chi connectivity index (χ2n) is 5.59. The molecule has 0 bridgehead atoms. The van der Waals surface area contributed by atoms with Crippen LogP contribution >= 0.6 is 0 Å². The van der Waals surface area contributed by atoms with Gasteiger partial charge in [-0.2, -0.15) is 0 Å². The van der Waals surface area contributed by atoms with Crippen molar-refractivity contribution in [2.45, 2.75) is 18.7 Å². The van der Waals surface area contributed by atoms with E-state index in [1.54, 1.807) is 42.7 Å². The summed E-state index contributed by atoms with van der Waals surface area (Å²) >= 11 is 0. The predicted molar refractivity (Wildman–Crippen MR) is 95.7 cm³/mol. The van der Waals surface area contributed by atoms with Gasteiger partial charge in [0.2, 0.25) is 5.91 Å². The first-order valence-electron chi connectivity index (χ1n) is 7.45. The van der Waals surface area contributed by atoms with Gasteiger partial charge in [-0.15, -0.1) is 0 Å². The molecule has 0 aliphatic carbocycles. The Morgan fingerprint density at radius 3 is 2.33 bits per heavy atom.